The first-order valence-corrected chi connectivity index (χ1v) is 5.28. The van der Waals surface area contributed by atoms with Gasteiger partial charge in [0.25, 0.3) is 0 Å². The second-order valence-corrected chi connectivity index (χ2v) is 3.98. The van der Waals surface area contributed by atoms with Crippen LogP contribution >= 0.6 is 0 Å². The fourth-order valence-electron chi connectivity index (χ4n) is 2.20. The number of rotatable bonds is 3. The summed E-state index contributed by atoms with van der Waals surface area (Å²) in [4.78, 5) is 11.6. The van der Waals surface area contributed by atoms with Gasteiger partial charge < -0.3 is 14.8 Å². The molecule has 0 bridgehead atoms. The molecule has 0 aliphatic carbocycles. The Morgan fingerprint density at radius 2 is 2.29 bits per heavy atom. The molecule has 0 unspecified atom stereocenters. The lowest BCUT2D eigenvalue weighted by atomic mass is 9.83. The Labute approximate surface area is 84.0 Å². The van der Waals surface area contributed by atoms with Gasteiger partial charge in [0.05, 0.1) is 25.7 Å². The standard InChI is InChI=1S/C10H17NO3/c1-2-14-10(12)9-4-11-3-8(9)7-5-13-6-7/h7-9,11H,2-6H2,1H3/t8-,9+/m0/s1. The van der Waals surface area contributed by atoms with Crippen molar-refractivity contribution in [3.05, 3.63) is 0 Å². The van der Waals surface area contributed by atoms with E-state index in [1.807, 2.05) is 6.92 Å². The van der Waals surface area contributed by atoms with Crippen LogP contribution in [0.4, 0.5) is 0 Å². The zero-order chi connectivity index (χ0) is 9.97. The van der Waals surface area contributed by atoms with Gasteiger partial charge in [0.15, 0.2) is 0 Å². The van der Waals surface area contributed by atoms with Crippen LogP contribution in [0.1, 0.15) is 6.92 Å². The predicted molar refractivity (Wildman–Crippen MR) is 50.8 cm³/mol. The van der Waals surface area contributed by atoms with E-state index < -0.39 is 0 Å². The van der Waals surface area contributed by atoms with Crippen molar-refractivity contribution >= 4 is 5.97 Å². The largest absolute Gasteiger partial charge is 0.466 e. The molecule has 2 aliphatic heterocycles. The molecule has 2 heterocycles. The van der Waals surface area contributed by atoms with Crippen molar-refractivity contribution in [2.45, 2.75) is 6.92 Å². The van der Waals surface area contributed by atoms with Gasteiger partial charge in [0, 0.05) is 12.5 Å². The number of ether oxygens (including phenoxy) is 2. The van der Waals surface area contributed by atoms with Crippen LogP contribution in [0.2, 0.25) is 0 Å². The summed E-state index contributed by atoms with van der Waals surface area (Å²) in [6.07, 6.45) is 0. The first-order chi connectivity index (χ1) is 6.83. The van der Waals surface area contributed by atoms with E-state index >= 15 is 0 Å². The second kappa shape index (κ2) is 4.28. The van der Waals surface area contributed by atoms with Gasteiger partial charge in [-0.15, -0.1) is 0 Å². The Kier molecular flexibility index (Phi) is 3.03. The second-order valence-electron chi connectivity index (χ2n) is 3.98. The van der Waals surface area contributed by atoms with Gasteiger partial charge in [-0.25, -0.2) is 0 Å². The minimum absolute atomic E-state index is 0.0452. The summed E-state index contributed by atoms with van der Waals surface area (Å²) in [7, 11) is 0. The molecule has 2 rings (SSSR count). The van der Waals surface area contributed by atoms with Gasteiger partial charge in [0.1, 0.15) is 0 Å². The zero-order valence-corrected chi connectivity index (χ0v) is 8.49. The Hall–Kier alpha value is -0.610. The van der Waals surface area contributed by atoms with Crippen LogP contribution in [0.15, 0.2) is 0 Å². The van der Waals surface area contributed by atoms with Gasteiger partial charge in [0.2, 0.25) is 0 Å². The Balaban J connectivity index is 1.92. The summed E-state index contributed by atoms with van der Waals surface area (Å²) in [6.45, 7) is 5.63. The van der Waals surface area contributed by atoms with E-state index in [1.165, 1.54) is 0 Å². The smallest absolute Gasteiger partial charge is 0.310 e. The lowest BCUT2D eigenvalue weighted by molar-refractivity contribution is -0.152. The van der Waals surface area contributed by atoms with Gasteiger partial charge in [-0.05, 0) is 19.4 Å². The molecule has 0 spiro atoms. The molecule has 0 amide bonds. The van der Waals surface area contributed by atoms with Crippen LogP contribution in [0.5, 0.6) is 0 Å². The maximum absolute atomic E-state index is 11.6. The fourth-order valence-corrected chi connectivity index (χ4v) is 2.20. The Morgan fingerprint density at radius 1 is 1.50 bits per heavy atom. The lowest BCUT2D eigenvalue weighted by Crippen LogP contribution is -2.40. The molecule has 0 aromatic rings. The van der Waals surface area contributed by atoms with E-state index in [2.05, 4.69) is 5.32 Å². The van der Waals surface area contributed by atoms with Crippen molar-refractivity contribution in [3.8, 4) is 0 Å². The molecule has 2 fully saturated rings. The average molecular weight is 199 g/mol. The highest BCUT2D eigenvalue weighted by Gasteiger charge is 2.41. The lowest BCUT2D eigenvalue weighted by Gasteiger charge is -2.33. The number of esters is 1. The predicted octanol–water partition coefficient (Wildman–Crippen LogP) is 0.0315. The topological polar surface area (TPSA) is 47.6 Å². The Bertz CT molecular complexity index is 215. The quantitative estimate of drug-likeness (QED) is 0.651. The molecule has 80 valence electrons. The molecule has 0 aromatic carbocycles. The van der Waals surface area contributed by atoms with Crippen molar-refractivity contribution < 1.29 is 14.3 Å². The van der Waals surface area contributed by atoms with Gasteiger partial charge in [-0.3, -0.25) is 4.79 Å². The maximum Gasteiger partial charge on any atom is 0.310 e. The molecule has 14 heavy (non-hydrogen) atoms. The molecule has 2 saturated heterocycles. The van der Waals surface area contributed by atoms with Crippen molar-refractivity contribution in [1.29, 1.82) is 0 Å². The van der Waals surface area contributed by atoms with Crippen LogP contribution in [-0.4, -0.2) is 38.9 Å². The van der Waals surface area contributed by atoms with E-state index in [4.69, 9.17) is 9.47 Å². The van der Waals surface area contributed by atoms with Crippen molar-refractivity contribution in [2.24, 2.45) is 17.8 Å². The summed E-state index contributed by atoms with van der Waals surface area (Å²) < 4.78 is 10.2. The van der Waals surface area contributed by atoms with E-state index in [0.717, 1.165) is 26.3 Å². The third-order valence-electron chi connectivity index (χ3n) is 3.12. The van der Waals surface area contributed by atoms with Crippen LogP contribution < -0.4 is 5.32 Å². The highest BCUT2D eigenvalue weighted by Crippen LogP contribution is 2.30. The van der Waals surface area contributed by atoms with Crippen LogP contribution in [0, 0.1) is 17.8 Å². The third-order valence-corrected chi connectivity index (χ3v) is 3.12. The zero-order valence-electron chi connectivity index (χ0n) is 8.49. The summed E-state index contributed by atoms with van der Waals surface area (Å²) in [5, 5.41) is 3.25. The number of carbonyl (C=O) groups excluding carboxylic acids is 1. The van der Waals surface area contributed by atoms with E-state index in [1.54, 1.807) is 0 Å². The normalized spacial score (nSPS) is 32.6. The summed E-state index contributed by atoms with van der Waals surface area (Å²) >= 11 is 0. The minimum atomic E-state index is -0.0469. The summed E-state index contributed by atoms with van der Waals surface area (Å²) in [5.74, 6) is 0.973. The van der Waals surface area contributed by atoms with E-state index in [0.29, 0.717) is 18.4 Å². The van der Waals surface area contributed by atoms with Crippen molar-refractivity contribution in [1.82, 2.24) is 5.32 Å². The molecule has 0 saturated carbocycles. The van der Waals surface area contributed by atoms with Crippen LogP contribution in [-0.2, 0) is 14.3 Å². The van der Waals surface area contributed by atoms with Crippen LogP contribution in [0.25, 0.3) is 0 Å². The molecule has 0 radical (unpaired) electrons. The number of carbonyl (C=O) groups is 1. The molecule has 4 heteroatoms. The summed E-state index contributed by atoms with van der Waals surface area (Å²) in [5.41, 5.74) is 0. The number of nitrogens with one attached hydrogen (secondary N) is 1. The first-order valence-electron chi connectivity index (χ1n) is 5.28. The highest BCUT2D eigenvalue weighted by molar-refractivity contribution is 5.73. The maximum atomic E-state index is 11.6. The number of hydrogen-bond donors (Lipinski definition) is 1. The monoisotopic (exact) mass is 199 g/mol. The third kappa shape index (κ3) is 1.77. The average Bonchev–Trinajstić information content (AvgIpc) is 2.50. The fraction of sp³-hybridized carbons (Fsp3) is 0.900. The first kappa shape index (κ1) is 9.93. The van der Waals surface area contributed by atoms with Gasteiger partial charge in [-0.1, -0.05) is 0 Å². The molecule has 0 aromatic heterocycles. The molecular formula is C10H17NO3. The van der Waals surface area contributed by atoms with Crippen molar-refractivity contribution in [2.75, 3.05) is 32.9 Å². The van der Waals surface area contributed by atoms with Crippen LogP contribution in [0.3, 0.4) is 0 Å². The van der Waals surface area contributed by atoms with Gasteiger partial charge in [-0.2, -0.15) is 0 Å². The van der Waals surface area contributed by atoms with E-state index in [9.17, 15) is 4.79 Å². The molecule has 4 nitrogen and oxygen atoms in total. The minimum Gasteiger partial charge on any atom is -0.466 e. The molecule has 2 aliphatic rings. The molecular weight excluding hydrogens is 182 g/mol. The SMILES string of the molecule is CCOC(=O)[C@@H]1CNC[C@H]1C1COC1. The molecule has 1 N–H and O–H groups in total. The molecule has 2 atom stereocenters. The van der Waals surface area contributed by atoms with Gasteiger partial charge >= 0.3 is 5.97 Å². The summed E-state index contributed by atoms with van der Waals surface area (Å²) in [6, 6.07) is 0. The number of hydrogen-bond acceptors (Lipinski definition) is 4. The highest BCUT2D eigenvalue weighted by atomic mass is 16.5. The van der Waals surface area contributed by atoms with E-state index in [-0.39, 0.29) is 11.9 Å². The Morgan fingerprint density at radius 3 is 2.86 bits per heavy atom. The van der Waals surface area contributed by atoms with Crippen molar-refractivity contribution in [3.63, 3.8) is 0 Å².